The Balaban J connectivity index is 1.59. The van der Waals surface area contributed by atoms with Crippen molar-refractivity contribution in [2.24, 2.45) is 5.92 Å². The SMILES string of the molecule is CC(C)=CCN1C[C@H]2C[C@@H](C1)[C@H](CNC(=O)c1ccc[nH]1)n1c2cccc1=O. The Hall–Kier alpha value is -2.60. The molecule has 2 N–H and O–H groups in total. The van der Waals surface area contributed by atoms with Gasteiger partial charge in [0, 0.05) is 50.1 Å². The van der Waals surface area contributed by atoms with Gasteiger partial charge in [-0.15, -0.1) is 0 Å². The Morgan fingerprint density at radius 2 is 2.11 bits per heavy atom. The quantitative estimate of drug-likeness (QED) is 0.783. The molecular formula is C22H28N4O2. The average molecular weight is 380 g/mol. The van der Waals surface area contributed by atoms with E-state index in [0.29, 0.717) is 24.1 Å². The van der Waals surface area contributed by atoms with Crippen LogP contribution in [0.15, 0.2) is 53.0 Å². The van der Waals surface area contributed by atoms with Crippen LogP contribution in [-0.2, 0) is 0 Å². The van der Waals surface area contributed by atoms with Crippen molar-refractivity contribution in [3.63, 3.8) is 0 Å². The van der Waals surface area contributed by atoms with Crippen LogP contribution in [0.2, 0.25) is 0 Å². The molecule has 0 unspecified atom stereocenters. The number of likely N-dealkylation sites (tertiary alicyclic amines) is 1. The van der Waals surface area contributed by atoms with E-state index in [9.17, 15) is 9.59 Å². The maximum Gasteiger partial charge on any atom is 0.267 e. The molecule has 1 amide bonds. The maximum absolute atomic E-state index is 12.7. The third-order valence-corrected chi connectivity index (χ3v) is 5.95. The number of nitrogens with one attached hydrogen (secondary N) is 2. The smallest absolute Gasteiger partial charge is 0.267 e. The van der Waals surface area contributed by atoms with Crippen LogP contribution in [0.4, 0.5) is 0 Å². The van der Waals surface area contributed by atoms with Crippen LogP contribution in [0.25, 0.3) is 0 Å². The first-order chi connectivity index (χ1) is 13.5. The van der Waals surface area contributed by atoms with E-state index in [0.717, 1.165) is 31.7 Å². The van der Waals surface area contributed by atoms with E-state index in [-0.39, 0.29) is 17.5 Å². The number of rotatable bonds is 5. The normalized spacial score (nSPS) is 23.7. The minimum absolute atomic E-state index is 0.0200. The Labute approximate surface area is 165 Å². The van der Waals surface area contributed by atoms with Gasteiger partial charge in [-0.1, -0.05) is 17.7 Å². The molecule has 0 aliphatic carbocycles. The van der Waals surface area contributed by atoms with E-state index in [4.69, 9.17) is 0 Å². The first kappa shape index (κ1) is 18.7. The fourth-order valence-electron chi connectivity index (χ4n) is 4.62. The van der Waals surface area contributed by atoms with Crippen LogP contribution in [0.1, 0.15) is 48.4 Å². The number of allylic oxidation sites excluding steroid dienone is 1. The van der Waals surface area contributed by atoms with Crippen molar-refractivity contribution >= 4 is 5.91 Å². The fourth-order valence-corrected chi connectivity index (χ4v) is 4.62. The molecule has 4 rings (SSSR count). The molecule has 6 nitrogen and oxygen atoms in total. The number of carbonyl (C=O) groups is 1. The van der Waals surface area contributed by atoms with Crippen molar-refractivity contribution in [1.82, 2.24) is 19.8 Å². The lowest BCUT2D eigenvalue weighted by Crippen LogP contribution is -2.52. The number of aromatic nitrogens is 2. The lowest BCUT2D eigenvalue weighted by atomic mass is 9.78. The summed E-state index contributed by atoms with van der Waals surface area (Å²) in [5, 5.41) is 3.03. The Morgan fingerprint density at radius 1 is 1.25 bits per heavy atom. The molecule has 2 bridgehead atoms. The molecule has 2 aromatic heterocycles. The summed E-state index contributed by atoms with van der Waals surface area (Å²) < 4.78 is 1.94. The lowest BCUT2D eigenvalue weighted by Gasteiger charge is -2.47. The van der Waals surface area contributed by atoms with Gasteiger partial charge in [-0.25, -0.2) is 0 Å². The highest BCUT2D eigenvalue weighted by Crippen LogP contribution is 2.40. The number of aromatic amines is 1. The summed E-state index contributed by atoms with van der Waals surface area (Å²) in [6, 6.07) is 9.11. The van der Waals surface area contributed by atoms with Crippen LogP contribution in [0.5, 0.6) is 0 Å². The summed E-state index contributed by atoms with van der Waals surface area (Å²) in [5.74, 6) is 0.587. The third-order valence-electron chi connectivity index (χ3n) is 5.95. The predicted molar refractivity (Wildman–Crippen MR) is 110 cm³/mol. The van der Waals surface area contributed by atoms with E-state index in [1.807, 2.05) is 16.7 Å². The molecule has 2 aliphatic heterocycles. The second-order valence-electron chi connectivity index (χ2n) is 8.21. The molecule has 1 saturated heterocycles. The Kier molecular flexibility index (Phi) is 5.22. The number of fused-ring (bicyclic) bond motifs is 4. The van der Waals surface area contributed by atoms with Gasteiger partial charge in [-0.05, 0) is 44.4 Å². The van der Waals surface area contributed by atoms with Gasteiger partial charge in [-0.2, -0.15) is 0 Å². The summed E-state index contributed by atoms with van der Waals surface area (Å²) in [6.45, 7) is 7.57. The zero-order chi connectivity index (χ0) is 19.7. The average Bonchev–Trinajstić information content (AvgIpc) is 3.21. The number of pyridine rings is 1. The largest absolute Gasteiger partial charge is 0.357 e. The van der Waals surface area contributed by atoms with Crippen molar-refractivity contribution in [3.8, 4) is 0 Å². The number of carbonyl (C=O) groups excluding carboxylic acids is 1. The van der Waals surface area contributed by atoms with E-state index in [1.54, 1.807) is 18.3 Å². The van der Waals surface area contributed by atoms with E-state index in [1.165, 1.54) is 5.57 Å². The zero-order valence-corrected chi connectivity index (χ0v) is 16.5. The highest BCUT2D eigenvalue weighted by molar-refractivity contribution is 5.92. The molecule has 1 fully saturated rings. The third kappa shape index (κ3) is 3.69. The van der Waals surface area contributed by atoms with Crippen molar-refractivity contribution in [2.45, 2.75) is 32.2 Å². The summed E-state index contributed by atoms with van der Waals surface area (Å²) in [5.41, 5.74) is 3.00. The second-order valence-corrected chi connectivity index (χ2v) is 8.21. The Bertz CT molecular complexity index is 924. The molecular weight excluding hydrogens is 352 g/mol. The molecule has 28 heavy (non-hydrogen) atoms. The van der Waals surface area contributed by atoms with E-state index >= 15 is 0 Å². The molecule has 0 radical (unpaired) electrons. The molecule has 0 saturated carbocycles. The molecule has 148 valence electrons. The van der Waals surface area contributed by atoms with Gasteiger partial charge in [-0.3, -0.25) is 14.5 Å². The first-order valence-electron chi connectivity index (χ1n) is 10.0. The van der Waals surface area contributed by atoms with Gasteiger partial charge in [0.1, 0.15) is 5.69 Å². The standard InChI is InChI=1S/C22H28N4O2/c1-15(2)8-10-25-13-16-11-17(14-25)20(26-19(16)6-3-7-21(26)27)12-24-22(28)18-5-4-9-23-18/h3-9,16-17,20,23H,10-14H2,1-2H3,(H,24,28)/t16-,17+,20+/m1/s1. The van der Waals surface area contributed by atoms with Crippen LogP contribution in [0, 0.1) is 5.92 Å². The summed E-state index contributed by atoms with van der Waals surface area (Å²) >= 11 is 0. The van der Waals surface area contributed by atoms with Crippen LogP contribution in [-0.4, -0.2) is 46.5 Å². The number of hydrogen-bond acceptors (Lipinski definition) is 3. The fraction of sp³-hybridized carbons (Fsp3) is 0.455. The molecule has 2 aliphatic rings. The van der Waals surface area contributed by atoms with Gasteiger partial charge >= 0.3 is 0 Å². The molecule has 3 atom stereocenters. The Morgan fingerprint density at radius 3 is 2.86 bits per heavy atom. The highest BCUT2D eigenvalue weighted by Gasteiger charge is 2.40. The number of piperidine rings is 1. The van der Waals surface area contributed by atoms with E-state index < -0.39 is 0 Å². The van der Waals surface area contributed by atoms with Crippen LogP contribution >= 0.6 is 0 Å². The van der Waals surface area contributed by atoms with Crippen molar-refractivity contribution < 1.29 is 4.79 Å². The number of amides is 1. The topological polar surface area (TPSA) is 70.1 Å². The zero-order valence-electron chi connectivity index (χ0n) is 16.5. The summed E-state index contributed by atoms with van der Waals surface area (Å²) in [7, 11) is 0. The first-order valence-corrected chi connectivity index (χ1v) is 10.0. The van der Waals surface area contributed by atoms with Crippen LogP contribution in [0.3, 0.4) is 0 Å². The predicted octanol–water partition coefficient (Wildman–Crippen LogP) is 2.53. The maximum atomic E-state index is 12.7. The minimum atomic E-state index is -0.130. The second kappa shape index (κ2) is 7.80. The van der Waals surface area contributed by atoms with Gasteiger partial charge in [0.15, 0.2) is 0 Å². The summed E-state index contributed by atoms with van der Waals surface area (Å²) in [4.78, 5) is 30.5. The molecule has 6 heteroatoms. The number of hydrogen-bond donors (Lipinski definition) is 2. The van der Waals surface area contributed by atoms with Crippen molar-refractivity contribution in [3.05, 3.63) is 69.9 Å². The summed E-state index contributed by atoms with van der Waals surface area (Å²) in [6.07, 6.45) is 5.07. The van der Waals surface area contributed by atoms with Crippen LogP contribution < -0.4 is 10.9 Å². The van der Waals surface area contributed by atoms with Gasteiger partial charge in [0.05, 0.1) is 6.04 Å². The minimum Gasteiger partial charge on any atom is -0.357 e. The lowest BCUT2D eigenvalue weighted by molar-refractivity contribution is 0.0854. The van der Waals surface area contributed by atoms with E-state index in [2.05, 4.69) is 41.2 Å². The molecule has 4 heterocycles. The molecule has 2 aromatic rings. The number of nitrogens with zero attached hydrogens (tertiary/aromatic N) is 2. The van der Waals surface area contributed by atoms with Gasteiger partial charge in [0.25, 0.3) is 11.5 Å². The van der Waals surface area contributed by atoms with Gasteiger partial charge < -0.3 is 14.9 Å². The number of H-pyrrole nitrogens is 1. The highest BCUT2D eigenvalue weighted by atomic mass is 16.2. The molecule has 0 aromatic carbocycles. The van der Waals surface area contributed by atoms with Crippen molar-refractivity contribution in [1.29, 1.82) is 0 Å². The van der Waals surface area contributed by atoms with Gasteiger partial charge in [0.2, 0.25) is 0 Å². The van der Waals surface area contributed by atoms with Crippen molar-refractivity contribution in [2.75, 3.05) is 26.2 Å². The monoisotopic (exact) mass is 380 g/mol. The molecule has 0 spiro atoms.